The molecule has 0 aliphatic heterocycles. The number of H-pyrrole nitrogens is 1. The van der Waals surface area contributed by atoms with E-state index in [0.717, 1.165) is 33.1 Å². The summed E-state index contributed by atoms with van der Waals surface area (Å²) in [4.78, 5) is 4.65. The van der Waals surface area contributed by atoms with Crippen molar-refractivity contribution in [2.75, 3.05) is 11.1 Å². The smallest absolute Gasteiger partial charge is 0.0710 e. The molecule has 2 aromatic carbocycles. The van der Waals surface area contributed by atoms with E-state index < -0.39 is 0 Å². The predicted octanol–water partition coefficient (Wildman–Crippen LogP) is 5.55. The molecule has 0 aliphatic rings. The number of fused-ring (bicyclic) bond motifs is 1. The minimum absolute atomic E-state index is 0.689. The normalized spacial score (nSPS) is 11.0. The van der Waals surface area contributed by atoms with Crippen LogP contribution in [0.25, 0.3) is 10.9 Å². The molecule has 1 aromatic heterocycles. The van der Waals surface area contributed by atoms with Gasteiger partial charge in [-0.15, -0.1) is 11.8 Å². The topological polar surface area (TPSA) is 27.8 Å². The number of rotatable bonds is 5. The van der Waals surface area contributed by atoms with E-state index in [1.54, 1.807) is 0 Å². The molecule has 3 rings (SSSR count). The Morgan fingerprint density at radius 3 is 2.67 bits per heavy atom. The summed E-state index contributed by atoms with van der Waals surface area (Å²) in [6.45, 7) is 2.85. The lowest BCUT2D eigenvalue weighted by atomic mass is 10.2. The Morgan fingerprint density at radius 1 is 1.10 bits per heavy atom. The minimum atomic E-state index is 0.689. The van der Waals surface area contributed by atoms with Crippen LogP contribution in [0.4, 0.5) is 5.69 Å². The molecule has 0 saturated heterocycles. The molecule has 0 fully saturated rings. The molecule has 0 spiro atoms. The molecule has 4 heteroatoms. The third kappa shape index (κ3) is 3.04. The molecule has 0 amide bonds. The molecule has 1 heterocycles. The number of hydrogen-bond donors (Lipinski definition) is 2. The van der Waals surface area contributed by atoms with Crippen molar-refractivity contribution >= 4 is 40.0 Å². The van der Waals surface area contributed by atoms with E-state index in [-0.39, 0.29) is 0 Å². The molecule has 2 N–H and O–H groups in total. The highest BCUT2D eigenvalue weighted by molar-refractivity contribution is 7.99. The van der Waals surface area contributed by atoms with Crippen LogP contribution in [-0.4, -0.2) is 10.7 Å². The Morgan fingerprint density at radius 2 is 1.86 bits per heavy atom. The number of aromatic amines is 1. The summed E-state index contributed by atoms with van der Waals surface area (Å²) in [5.41, 5.74) is 3.25. The Bertz CT molecular complexity index is 751. The Labute approximate surface area is 133 Å². The fourth-order valence-electron chi connectivity index (χ4n) is 2.36. The molecule has 0 aliphatic carbocycles. The maximum atomic E-state index is 6.45. The highest BCUT2D eigenvalue weighted by Crippen LogP contribution is 2.30. The first-order valence-electron chi connectivity index (χ1n) is 7.00. The van der Waals surface area contributed by atoms with Gasteiger partial charge in [-0.3, -0.25) is 0 Å². The first kappa shape index (κ1) is 14.4. The second kappa shape index (κ2) is 6.46. The zero-order valence-corrected chi connectivity index (χ0v) is 13.4. The largest absolute Gasteiger partial charge is 0.379 e. The molecule has 3 aromatic rings. The minimum Gasteiger partial charge on any atom is -0.379 e. The van der Waals surface area contributed by atoms with Crippen molar-refractivity contribution in [1.82, 2.24) is 4.98 Å². The van der Waals surface area contributed by atoms with Crippen LogP contribution >= 0.6 is 23.4 Å². The van der Waals surface area contributed by atoms with Crippen LogP contribution in [-0.2, 0) is 6.54 Å². The number of benzene rings is 2. The first-order chi connectivity index (χ1) is 10.3. The van der Waals surface area contributed by atoms with Crippen molar-refractivity contribution in [3.63, 3.8) is 0 Å². The lowest BCUT2D eigenvalue weighted by Crippen LogP contribution is -2.01. The summed E-state index contributed by atoms with van der Waals surface area (Å²) in [5.74, 6) is 1.06. The third-order valence-corrected chi connectivity index (χ3v) is 4.74. The van der Waals surface area contributed by atoms with Gasteiger partial charge in [0.2, 0.25) is 0 Å². The van der Waals surface area contributed by atoms with Crippen molar-refractivity contribution in [3.8, 4) is 0 Å². The van der Waals surface area contributed by atoms with Gasteiger partial charge < -0.3 is 10.3 Å². The molecule has 0 saturated carbocycles. The van der Waals surface area contributed by atoms with E-state index in [2.05, 4.69) is 41.5 Å². The van der Waals surface area contributed by atoms with Crippen molar-refractivity contribution in [1.29, 1.82) is 0 Å². The average molecular weight is 317 g/mol. The van der Waals surface area contributed by atoms with Gasteiger partial charge in [-0.2, -0.15) is 0 Å². The fraction of sp³-hybridized carbons (Fsp3) is 0.176. The van der Waals surface area contributed by atoms with Gasteiger partial charge in [0.15, 0.2) is 0 Å². The van der Waals surface area contributed by atoms with Gasteiger partial charge >= 0.3 is 0 Å². The maximum Gasteiger partial charge on any atom is 0.0710 e. The predicted molar refractivity (Wildman–Crippen MR) is 93.5 cm³/mol. The molecule has 0 atom stereocenters. The van der Waals surface area contributed by atoms with E-state index in [1.807, 2.05) is 36.0 Å². The Hall–Kier alpha value is -1.58. The number of thioether (sulfide) groups is 1. The average Bonchev–Trinajstić information content (AvgIpc) is 2.84. The number of hydrogen-bond acceptors (Lipinski definition) is 2. The zero-order valence-electron chi connectivity index (χ0n) is 11.8. The van der Waals surface area contributed by atoms with Crippen LogP contribution < -0.4 is 5.32 Å². The molecular weight excluding hydrogens is 300 g/mol. The number of para-hydroxylation sites is 2. The second-order valence-corrected chi connectivity index (χ2v) is 6.43. The fourth-order valence-corrected chi connectivity index (χ4v) is 3.42. The van der Waals surface area contributed by atoms with Crippen LogP contribution in [0, 0.1) is 0 Å². The summed E-state index contributed by atoms with van der Waals surface area (Å²) in [6, 6.07) is 16.5. The standard InChI is InChI=1S/C17H17ClN2S/c1-2-21-16-10-6-5-9-14(16)19-11-15-17(18)12-7-3-4-8-13(12)20-15/h3-10,19-20H,2,11H2,1H3. The highest BCUT2D eigenvalue weighted by Gasteiger charge is 2.09. The second-order valence-electron chi connectivity index (χ2n) is 4.75. The number of nitrogens with one attached hydrogen (secondary N) is 2. The van der Waals surface area contributed by atoms with Crippen LogP contribution in [0.5, 0.6) is 0 Å². The number of halogens is 1. The van der Waals surface area contributed by atoms with E-state index in [4.69, 9.17) is 11.6 Å². The molecule has 0 radical (unpaired) electrons. The molecule has 108 valence electrons. The van der Waals surface area contributed by atoms with Gasteiger partial charge in [-0.25, -0.2) is 0 Å². The molecular formula is C17H17ClN2S. The monoisotopic (exact) mass is 316 g/mol. The zero-order chi connectivity index (χ0) is 14.7. The quantitative estimate of drug-likeness (QED) is 0.604. The van der Waals surface area contributed by atoms with Gasteiger partial charge in [0.05, 0.1) is 17.3 Å². The van der Waals surface area contributed by atoms with Crippen molar-refractivity contribution in [2.45, 2.75) is 18.4 Å². The van der Waals surface area contributed by atoms with Crippen LogP contribution in [0.15, 0.2) is 53.4 Å². The van der Waals surface area contributed by atoms with Gasteiger partial charge in [0.1, 0.15) is 0 Å². The van der Waals surface area contributed by atoms with Crippen LogP contribution in [0.3, 0.4) is 0 Å². The van der Waals surface area contributed by atoms with E-state index in [9.17, 15) is 0 Å². The molecule has 2 nitrogen and oxygen atoms in total. The van der Waals surface area contributed by atoms with Gasteiger partial charge in [0.25, 0.3) is 0 Å². The van der Waals surface area contributed by atoms with E-state index >= 15 is 0 Å². The van der Waals surface area contributed by atoms with Crippen LogP contribution in [0.1, 0.15) is 12.6 Å². The van der Waals surface area contributed by atoms with Gasteiger partial charge in [0, 0.05) is 21.5 Å². The SMILES string of the molecule is CCSc1ccccc1NCc1[nH]c2ccccc2c1Cl. The summed E-state index contributed by atoms with van der Waals surface area (Å²) in [6.07, 6.45) is 0. The highest BCUT2D eigenvalue weighted by atomic mass is 35.5. The van der Waals surface area contributed by atoms with E-state index in [1.165, 1.54) is 4.90 Å². The van der Waals surface area contributed by atoms with Gasteiger partial charge in [-0.1, -0.05) is 48.9 Å². The summed E-state index contributed by atoms with van der Waals surface area (Å²) < 4.78 is 0. The Balaban J connectivity index is 1.82. The van der Waals surface area contributed by atoms with Crippen molar-refractivity contribution in [2.24, 2.45) is 0 Å². The number of anilines is 1. The van der Waals surface area contributed by atoms with Crippen molar-refractivity contribution in [3.05, 3.63) is 59.2 Å². The van der Waals surface area contributed by atoms with Gasteiger partial charge in [-0.05, 0) is 24.0 Å². The van der Waals surface area contributed by atoms with E-state index in [0.29, 0.717) is 6.54 Å². The maximum absolute atomic E-state index is 6.45. The summed E-state index contributed by atoms with van der Waals surface area (Å²) in [5, 5.41) is 5.36. The summed E-state index contributed by atoms with van der Waals surface area (Å²) >= 11 is 8.29. The van der Waals surface area contributed by atoms with Crippen molar-refractivity contribution < 1.29 is 0 Å². The summed E-state index contributed by atoms with van der Waals surface area (Å²) in [7, 11) is 0. The lowest BCUT2D eigenvalue weighted by Gasteiger charge is -2.10. The number of aromatic nitrogens is 1. The molecule has 0 unspecified atom stereocenters. The first-order valence-corrected chi connectivity index (χ1v) is 8.36. The molecule has 21 heavy (non-hydrogen) atoms. The lowest BCUT2D eigenvalue weighted by molar-refractivity contribution is 1.07. The molecule has 0 bridgehead atoms. The Kier molecular flexibility index (Phi) is 4.42. The third-order valence-electron chi connectivity index (χ3n) is 3.36. The van der Waals surface area contributed by atoms with Crippen LogP contribution in [0.2, 0.25) is 5.02 Å².